The third-order valence-electron chi connectivity index (χ3n) is 4.43. The van der Waals surface area contributed by atoms with Crippen molar-refractivity contribution in [1.82, 2.24) is 4.90 Å². The fourth-order valence-electron chi connectivity index (χ4n) is 3.00. The molecule has 0 aromatic heterocycles. The van der Waals surface area contributed by atoms with Crippen molar-refractivity contribution in [2.45, 2.75) is 57.3 Å². The fraction of sp³-hybridized carbons (Fsp3) is 0.611. The lowest BCUT2D eigenvalue weighted by molar-refractivity contribution is -0.0778. The summed E-state index contributed by atoms with van der Waals surface area (Å²) in [5.41, 5.74) is 0.472. The van der Waals surface area contributed by atoms with Gasteiger partial charge in [0.1, 0.15) is 5.60 Å². The highest BCUT2D eigenvalue weighted by atomic mass is 79.9. The molecule has 0 bridgehead atoms. The Morgan fingerprint density at radius 1 is 1.46 bits per heavy atom. The normalized spacial score (nSPS) is 22.5. The minimum Gasteiger partial charge on any atom is -0.444 e. The first kappa shape index (κ1) is 18.0. The zero-order valence-electron chi connectivity index (χ0n) is 14.3. The molecule has 1 aliphatic carbocycles. The fourth-order valence-corrected chi connectivity index (χ4v) is 3.45. The van der Waals surface area contributed by atoms with Gasteiger partial charge in [0, 0.05) is 10.9 Å². The molecule has 0 radical (unpaired) electrons. The molecular weight excluding hydrogens is 394 g/mol. The van der Waals surface area contributed by atoms with Crippen LogP contribution in [0.25, 0.3) is 0 Å². The van der Waals surface area contributed by atoms with Crippen LogP contribution >= 0.6 is 27.5 Å². The number of morpholine rings is 1. The van der Waals surface area contributed by atoms with Crippen LogP contribution in [0, 0.1) is 0 Å². The molecular formula is C18H23BrClNO3. The zero-order chi connectivity index (χ0) is 17.5. The number of carbonyl (C=O) groups is 1. The summed E-state index contributed by atoms with van der Waals surface area (Å²) in [7, 11) is 0. The van der Waals surface area contributed by atoms with E-state index in [9.17, 15) is 4.79 Å². The van der Waals surface area contributed by atoms with Crippen molar-refractivity contribution < 1.29 is 14.3 Å². The summed E-state index contributed by atoms with van der Waals surface area (Å²) < 4.78 is 12.5. The van der Waals surface area contributed by atoms with Crippen molar-refractivity contribution >= 4 is 33.6 Å². The van der Waals surface area contributed by atoms with Gasteiger partial charge in [-0.3, -0.25) is 4.90 Å². The average Bonchev–Trinajstić information content (AvgIpc) is 3.24. The maximum atomic E-state index is 12.6. The van der Waals surface area contributed by atoms with Gasteiger partial charge in [-0.1, -0.05) is 17.7 Å². The third-order valence-corrected chi connectivity index (χ3v) is 5.67. The van der Waals surface area contributed by atoms with E-state index in [1.807, 2.05) is 43.9 Å². The lowest BCUT2D eigenvalue weighted by Gasteiger charge is -2.40. The monoisotopic (exact) mass is 415 g/mol. The van der Waals surface area contributed by atoms with E-state index in [1.165, 1.54) is 0 Å². The highest BCUT2D eigenvalue weighted by Gasteiger charge is 2.54. The van der Waals surface area contributed by atoms with Gasteiger partial charge in [0.25, 0.3) is 0 Å². The summed E-state index contributed by atoms with van der Waals surface area (Å²) in [6.45, 7) is 6.83. The van der Waals surface area contributed by atoms with E-state index in [4.69, 9.17) is 21.1 Å². The summed E-state index contributed by atoms with van der Waals surface area (Å²) in [4.78, 5) is 14.5. The van der Waals surface area contributed by atoms with Crippen LogP contribution in [0.4, 0.5) is 4.79 Å². The molecule has 24 heavy (non-hydrogen) atoms. The molecule has 1 aromatic rings. The number of benzene rings is 1. The Kier molecular flexibility index (Phi) is 4.89. The molecule has 1 saturated carbocycles. The maximum absolute atomic E-state index is 12.6. The first-order valence-corrected chi connectivity index (χ1v) is 9.42. The Bertz CT molecular complexity index is 640. The number of rotatable bonds is 2. The summed E-state index contributed by atoms with van der Waals surface area (Å²) in [5.74, 6) is 0. The highest BCUT2D eigenvalue weighted by Crippen LogP contribution is 2.45. The van der Waals surface area contributed by atoms with Crippen LogP contribution in [0.15, 0.2) is 22.7 Å². The van der Waals surface area contributed by atoms with Crippen molar-refractivity contribution in [3.05, 3.63) is 33.3 Å². The summed E-state index contributed by atoms with van der Waals surface area (Å²) >= 11 is 9.57. The quantitative estimate of drug-likeness (QED) is 0.694. The molecule has 1 saturated heterocycles. The van der Waals surface area contributed by atoms with Gasteiger partial charge in [0.15, 0.2) is 0 Å². The topological polar surface area (TPSA) is 38.8 Å². The standard InChI is InChI=1S/C18H23BrClNO3/c1-17(2,3)24-16(22)21-10-13(23-11-18(21)6-7-18)8-12-4-5-14(19)15(20)9-12/h4-5,9,13H,6-8,10-11H2,1-3H3. The van der Waals surface area contributed by atoms with Crippen molar-refractivity contribution in [3.63, 3.8) is 0 Å². The summed E-state index contributed by atoms with van der Waals surface area (Å²) in [6.07, 6.45) is 2.43. The van der Waals surface area contributed by atoms with Crippen LogP contribution < -0.4 is 0 Å². The van der Waals surface area contributed by atoms with Gasteiger partial charge in [-0.05, 0) is 67.2 Å². The van der Waals surface area contributed by atoms with Crippen molar-refractivity contribution in [1.29, 1.82) is 0 Å². The van der Waals surface area contributed by atoms with E-state index in [1.54, 1.807) is 0 Å². The number of amides is 1. The SMILES string of the molecule is CC(C)(C)OC(=O)N1CC(Cc2ccc(Br)c(Cl)c2)OCC12CC2. The van der Waals surface area contributed by atoms with Crippen LogP contribution in [0.5, 0.6) is 0 Å². The van der Waals surface area contributed by atoms with Gasteiger partial charge in [-0.15, -0.1) is 0 Å². The smallest absolute Gasteiger partial charge is 0.410 e. The number of halogens is 2. The van der Waals surface area contributed by atoms with E-state index >= 15 is 0 Å². The highest BCUT2D eigenvalue weighted by molar-refractivity contribution is 9.10. The molecule has 4 nitrogen and oxygen atoms in total. The largest absolute Gasteiger partial charge is 0.444 e. The second-order valence-electron chi connectivity index (χ2n) is 7.70. The van der Waals surface area contributed by atoms with Gasteiger partial charge < -0.3 is 9.47 Å². The number of ether oxygens (including phenoxy) is 2. The zero-order valence-corrected chi connectivity index (χ0v) is 16.6. The van der Waals surface area contributed by atoms with Gasteiger partial charge in [-0.25, -0.2) is 4.79 Å². The summed E-state index contributed by atoms with van der Waals surface area (Å²) in [5, 5.41) is 0.686. The Labute approximate surface area is 156 Å². The second kappa shape index (κ2) is 6.50. The van der Waals surface area contributed by atoms with Gasteiger partial charge in [0.2, 0.25) is 0 Å². The third kappa shape index (κ3) is 4.06. The molecule has 1 unspecified atom stereocenters. The van der Waals surface area contributed by atoms with Crippen LogP contribution in [-0.2, 0) is 15.9 Å². The predicted molar refractivity (Wildman–Crippen MR) is 97.5 cm³/mol. The van der Waals surface area contributed by atoms with E-state index in [2.05, 4.69) is 15.9 Å². The maximum Gasteiger partial charge on any atom is 0.410 e. The number of hydrogen-bond acceptors (Lipinski definition) is 3. The number of hydrogen-bond donors (Lipinski definition) is 0. The minimum atomic E-state index is -0.486. The van der Waals surface area contributed by atoms with E-state index < -0.39 is 5.60 Å². The number of nitrogens with zero attached hydrogens (tertiary/aromatic N) is 1. The lowest BCUT2D eigenvalue weighted by atomic mass is 10.0. The first-order valence-electron chi connectivity index (χ1n) is 8.25. The van der Waals surface area contributed by atoms with E-state index in [-0.39, 0.29) is 17.7 Å². The molecule has 1 heterocycles. The van der Waals surface area contributed by atoms with E-state index in [0.717, 1.165) is 29.3 Å². The van der Waals surface area contributed by atoms with Crippen molar-refractivity contribution in [2.75, 3.05) is 13.2 Å². The summed E-state index contributed by atoms with van der Waals surface area (Å²) in [6, 6.07) is 5.90. The molecule has 1 aromatic carbocycles. The van der Waals surface area contributed by atoms with Gasteiger partial charge in [-0.2, -0.15) is 0 Å². The average molecular weight is 417 g/mol. The molecule has 6 heteroatoms. The minimum absolute atomic E-state index is 0.0408. The van der Waals surface area contributed by atoms with Gasteiger partial charge >= 0.3 is 6.09 Å². The van der Waals surface area contributed by atoms with E-state index in [0.29, 0.717) is 18.2 Å². The molecule has 132 valence electrons. The first-order chi connectivity index (χ1) is 11.2. The molecule has 2 fully saturated rings. The van der Waals surface area contributed by atoms with Crippen LogP contribution in [0.2, 0.25) is 5.02 Å². The van der Waals surface area contributed by atoms with Crippen LogP contribution in [0.1, 0.15) is 39.2 Å². The van der Waals surface area contributed by atoms with Crippen LogP contribution in [-0.4, -0.2) is 41.4 Å². The van der Waals surface area contributed by atoms with Gasteiger partial charge in [0.05, 0.1) is 29.8 Å². The lowest BCUT2D eigenvalue weighted by Crippen LogP contribution is -2.55. The Balaban J connectivity index is 1.68. The Morgan fingerprint density at radius 3 is 2.75 bits per heavy atom. The molecule has 1 spiro atoms. The van der Waals surface area contributed by atoms with Crippen molar-refractivity contribution in [3.8, 4) is 0 Å². The molecule has 1 aliphatic heterocycles. The number of carbonyl (C=O) groups excluding carboxylic acids is 1. The molecule has 2 aliphatic rings. The second-order valence-corrected chi connectivity index (χ2v) is 8.96. The van der Waals surface area contributed by atoms with Crippen LogP contribution in [0.3, 0.4) is 0 Å². The van der Waals surface area contributed by atoms with Crippen molar-refractivity contribution in [2.24, 2.45) is 0 Å². The molecule has 3 rings (SSSR count). The Hall–Kier alpha value is -0.780. The molecule has 1 amide bonds. The predicted octanol–water partition coefficient (Wildman–Crippen LogP) is 4.81. The Morgan fingerprint density at radius 2 is 2.17 bits per heavy atom. The molecule has 1 atom stereocenters. The molecule has 0 N–H and O–H groups in total.